The van der Waals surface area contributed by atoms with E-state index in [1.54, 1.807) is 0 Å². The highest BCUT2D eigenvalue weighted by atomic mass is 16.2. The van der Waals surface area contributed by atoms with Crippen molar-refractivity contribution in [1.82, 2.24) is 4.90 Å². The fourth-order valence-corrected chi connectivity index (χ4v) is 2.49. The number of amides is 1. The van der Waals surface area contributed by atoms with E-state index in [0.717, 1.165) is 43.5 Å². The molecule has 98 valence electrons. The van der Waals surface area contributed by atoms with Crippen molar-refractivity contribution in [3.8, 4) is 0 Å². The Kier molecular flexibility index (Phi) is 4.02. The number of hydrogen-bond acceptors (Lipinski definition) is 1. The Balaban J connectivity index is 1.85. The minimum absolute atomic E-state index is 0.328. The van der Waals surface area contributed by atoms with Crippen LogP contribution in [0.25, 0.3) is 0 Å². The Labute approximate surface area is 110 Å². The maximum Gasteiger partial charge on any atom is 0.222 e. The Morgan fingerprint density at radius 1 is 1.22 bits per heavy atom. The summed E-state index contributed by atoms with van der Waals surface area (Å²) in [6.45, 7) is 3.87. The molecule has 3 nitrogen and oxygen atoms in total. The van der Waals surface area contributed by atoms with Crippen LogP contribution in [0.15, 0.2) is 30.3 Å². The van der Waals surface area contributed by atoms with Gasteiger partial charge in [-0.1, -0.05) is 30.3 Å². The van der Waals surface area contributed by atoms with Gasteiger partial charge in [-0.05, 0) is 6.42 Å². The quantitative estimate of drug-likeness (QED) is 0.728. The molecular formula is C15H23N2O+. The van der Waals surface area contributed by atoms with Crippen molar-refractivity contribution in [1.29, 1.82) is 0 Å². The van der Waals surface area contributed by atoms with Gasteiger partial charge in [0.2, 0.25) is 5.91 Å². The standard InChI is InChI=1S/C15H23N2O/c1-17(2,13-14-7-4-3-5-8-14)12-11-16-10-6-9-15(16)18/h3-5,7-8H,6,9-13H2,1-2H3/q+1. The molecular weight excluding hydrogens is 224 g/mol. The van der Waals surface area contributed by atoms with Crippen LogP contribution in [-0.2, 0) is 11.3 Å². The first-order valence-corrected chi connectivity index (χ1v) is 6.70. The van der Waals surface area contributed by atoms with E-state index in [9.17, 15) is 4.79 Å². The van der Waals surface area contributed by atoms with E-state index < -0.39 is 0 Å². The van der Waals surface area contributed by atoms with Gasteiger partial charge in [0.1, 0.15) is 6.54 Å². The fraction of sp³-hybridized carbons (Fsp3) is 0.533. The second-order valence-electron chi connectivity index (χ2n) is 5.79. The summed E-state index contributed by atoms with van der Waals surface area (Å²) in [5, 5.41) is 0. The summed E-state index contributed by atoms with van der Waals surface area (Å²) >= 11 is 0. The first-order valence-electron chi connectivity index (χ1n) is 6.70. The van der Waals surface area contributed by atoms with Crippen LogP contribution in [0.5, 0.6) is 0 Å². The van der Waals surface area contributed by atoms with Crippen molar-refractivity contribution in [3.05, 3.63) is 35.9 Å². The smallest absolute Gasteiger partial charge is 0.222 e. The van der Waals surface area contributed by atoms with Gasteiger partial charge < -0.3 is 9.38 Å². The van der Waals surface area contributed by atoms with Crippen LogP contribution in [0.3, 0.4) is 0 Å². The van der Waals surface area contributed by atoms with Crippen molar-refractivity contribution < 1.29 is 9.28 Å². The lowest BCUT2D eigenvalue weighted by molar-refractivity contribution is -0.903. The highest BCUT2D eigenvalue weighted by Gasteiger charge is 2.23. The number of rotatable bonds is 5. The number of quaternary nitrogens is 1. The number of likely N-dealkylation sites (N-methyl/N-ethyl adjacent to an activating group) is 1. The molecule has 0 radical (unpaired) electrons. The topological polar surface area (TPSA) is 20.3 Å². The molecule has 0 spiro atoms. The summed E-state index contributed by atoms with van der Waals surface area (Å²) < 4.78 is 0.924. The zero-order valence-corrected chi connectivity index (χ0v) is 11.4. The molecule has 1 saturated heterocycles. The molecule has 1 aliphatic heterocycles. The summed E-state index contributed by atoms with van der Waals surface area (Å²) in [6, 6.07) is 10.5. The van der Waals surface area contributed by atoms with Gasteiger partial charge in [0.15, 0.2) is 0 Å². The summed E-state index contributed by atoms with van der Waals surface area (Å²) in [7, 11) is 4.46. The van der Waals surface area contributed by atoms with Crippen LogP contribution in [-0.4, -0.2) is 49.0 Å². The van der Waals surface area contributed by atoms with Gasteiger partial charge in [0.25, 0.3) is 0 Å². The van der Waals surface area contributed by atoms with Crippen LogP contribution in [0.1, 0.15) is 18.4 Å². The van der Waals surface area contributed by atoms with Gasteiger partial charge in [-0.15, -0.1) is 0 Å². The third-order valence-electron chi connectivity index (χ3n) is 3.60. The normalized spacial score (nSPS) is 16.3. The van der Waals surface area contributed by atoms with Gasteiger partial charge in [0, 0.05) is 18.5 Å². The van der Waals surface area contributed by atoms with E-state index in [1.807, 2.05) is 11.0 Å². The highest BCUT2D eigenvalue weighted by molar-refractivity contribution is 5.77. The lowest BCUT2D eigenvalue weighted by Gasteiger charge is -2.31. The van der Waals surface area contributed by atoms with Crippen molar-refractivity contribution in [2.45, 2.75) is 19.4 Å². The lowest BCUT2D eigenvalue weighted by Crippen LogP contribution is -2.45. The van der Waals surface area contributed by atoms with Crippen molar-refractivity contribution in [2.75, 3.05) is 33.7 Å². The number of hydrogen-bond donors (Lipinski definition) is 0. The highest BCUT2D eigenvalue weighted by Crippen LogP contribution is 2.12. The second kappa shape index (κ2) is 5.53. The molecule has 2 rings (SSSR count). The summed E-state index contributed by atoms with van der Waals surface area (Å²) in [5.41, 5.74) is 1.36. The third-order valence-corrected chi connectivity index (χ3v) is 3.60. The fourth-order valence-electron chi connectivity index (χ4n) is 2.49. The molecule has 0 bridgehead atoms. The SMILES string of the molecule is C[N+](C)(CCN1CCCC1=O)Cc1ccccc1. The van der Waals surface area contributed by atoms with Gasteiger partial charge in [-0.2, -0.15) is 0 Å². The molecule has 0 aliphatic carbocycles. The summed E-state index contributed by atoms with van der Waals surface area (Å²) in [4.78, 5) is 13.6. The van der Waals surface area contributed by atoms with Crippen LogP contribution >= 0.6 is 0 Å². The molecule has 0 N–H and O–H groups in total. The number of carbonyl (C=O) groups is 1. The predicted molar refractivity (Wildman–Crippen MR) is 72.9 cm³/mol. The number of nitrogens with zero attached hydrogens (tertiary/aromatic N) is 2. The van der Waals surface area contributed by atoms with Crippen molar-refractivity contribution in [3.63, 3.8) is 0 Å². The average Bonchev–Trinajstić information content (AvgIpc) is 2.73. The second-order valence-corrected chi connectivity index (χ2v) is 5.79. The van der Waals surface area contributed by atoms with Gasteiger partial charge in [-0.25, -0.2) is 0 Å². The minimum Gasteiger partial charge on any atom is -0.337 e. The average molecular weight is 247 g/mol. The Bertz CT molecular complexity index is 400. The molecule has 0 unspecified atom stereocenters. The largest absolute Gasteiger partial charge is 0.337 e. The van der Waals surface area contributed by atoms with E-state index in [1.165, 1.54) is 5.56 Å². The zero-order chi connectivity index (χ0) is 13.0. The minimum atomic E-state index is 0.328. The van der Waals surface area contributed by atoms with Crippen LogP contribution in [0.2, 0.25) is 0 Å². The van der Waals surface area contributed by atoms with E-state index in [4.69, 9.17) is 0 Å². The lowest BCUT2D eigenvalue weighted by atomic mass is 10.2. The van der Waals surface area contributed by atoms with E-state index in [-0.39, 0.29) is 0 Å². The first-order chi connectivity index (χ1) is 8.57. The molecule has 1 aromatic carbocycles. The van der Waals surface area contributed by atoms with Gasteiger partial charge in [0.05, 0.1) is 27.2 Å². The number of benzene rings is 1. The number of carbonyl (C=O) groups excluding carboxylic acids is 1. The zero-order valence-electron chi connectivity index (χ0n) is 11.4. The molecule has 0 aromatic heterocycles. The molecule has 18 heavy (non-hydrogen) atoms. The Morgan fingerprint density at radius 2 is 1.94 bits per heavy atom. The monoisotopic (exact) mass is 247 g/mol. The Morgan fingerprint density at radius 3 is 2.56 bits per heavy atom. The van der Waals surface area contributed by atoms with E-state index >= 15 is 0 Å². The Hall–Kier alpha value is -1.35. The molecule has 1 aromatic rings. The van der Waals surface area contributed by atoms with Crippen molar-refractivity contribution in [2.24, 2.45) is 0 Å². The molecule has 1 amide bonds. The molecule has 1 aliphatic rings. The number of likely N-dealkylation sites (tertiary alicyclic amines) is 1. The maximum absolute atomic E-state index is 11.6. The van der Waals surface area contributed by atoms with E-state index in [0.29, 0.717) is 5.91 Å². The van der Waals surface area contributed by atoms with Crippen LogP contribution in [0, 0.1) is 0 Å². The van der Waals surface area contributed by atoms with Gasteiger partial charge >= 0.3 is 0 Å². The molecule has 1 heterocycles. The van der Waals surface area contributed by atoms with Crippen molar-refractivity contribution >= 4 is 5.91 Å². The summed E-state index contributed by atoms with van der Waals surface area (Å²) in [6.07, 6.45) is 1.77. The van der Waals surface area contributed by atoms with Gasteiger partial charge in [-0.3, -0.25) is 4.79 Å². The van der Waals surface area contributed by atoms with Crippen LogP contribution in [0.4, 0.5) is 0 Å². The molecule has 3 heteroatoms. The molecule has 0 saturated carbocycles. The molecule has 0 atom stereocenters. The first kappa shape index (κ1) is 13.1. The maximum atomic E-state index is 11.6. The van der Waals surface area contributed by atoms with E-state index in [2.05, 4.69) is 38.4 Å². The third kappa shape index (κ3) is 3.57. The predicted octanol–water partition coefficient (Wildman–Crippen LogP) is 1.89. The van der Waals surface area contributed by atoms with Crippen LogP contribution < -0.4 is 0 Å². The summed E-state index contributed by atoms with van der Waals surface area (Å²) in [5.74, 6) is 0.328. The molecule has 1 fully saturated rings.